The Morgan fingerprint density at radius 2 is 1.44 bits per heavy atom. The van der Waals surface area contributed by atoms with Gasteiger partial charge in [-0.3, -0.25) is 24.5 Å². The summed E-state index contributed by atoms with van der Waals surface area (Å²) in [5.74, 6) is 0.475. The molecule has 5 heterocycles. The summed E-state index contributed by atoms with van der Waals surface area (Å²) in [4.78, 5) is 62.7. The number of carbonyl (C=O) groups excluding carboxylic acids is 4. The SMILES string of the molecule is N#Cc1ccc(CCNC(C(=O)Nc2ccc(-c3ccc(CC(=O)N4CCC(CN5CCC6(CC5)CCN(c5ccc(C7CCC(=O)NC7=O)cc5)CC6)CC4)cc3)cn2)c2ccccc2)cc1. The van der Waals surface area contributed by atoms with Crippen molar-refractivity contribution in [3.63, 3.8) is 0 Å². The molecule has 5 aromatic rings. The Labute approximate surface area is 400 Å². The number of imide groups is 1. The van der Waals surface area contributed by atoms with Gasteiger partial charge in [0, 0.05) is 63.1 Å². The van der Waals surface area contributed by atoms with Crippen molar-refractivity contribution in [2.75, 3.05) is 62.6 Å². The van der Waals surface area contributed by atoms with Gasteiger partial charge < -0.3 is 25.3 Å². The van der Waals surface area contributed by atoms with Gasteiger partial charge in [-0.2, -0.15) is 5.26 Å². The lowest BCUT2D eigenvalue weighted by molar-refractivity contribution is -0.134. The highest BCUT2D eigenvalue weighted by molar-refractivity contribution is 6.01. The average Bonchev–Trinajstić information content (AvgIpc) is 3.37. The molecule has 2 atom stereocenters. The predicted octanol–water partition coefficient (Wildman–Crippen LogP) is 7.82. The largest absolute Gasteiger partial charge is 0.371 e. The fourth-order valence-corrected chi connectivity index (χ4v) is 10.7. The van der Waals surface area contributed by atoms with Crippen molar-refractivity contribution in [1.82, 2.24) is 25.4 Å². The van der Waals surface area contributed by atoms with Gasteiger partial charge in [0.25, 0.3) is 0 Å². The summed E-state index contributed by atoms with van der Waals surface area (Å²) < 4.78 is 0. The lowest BCUT2D eigenvalue weighted by atomic mass is 9.71. The van der Waals surface area contributed by atoms with Gasteiger partial charge in [0.05, 0.1) is 24.0 Å². The Bertz CT molecular complexity index is 2550. The smallest absolute Gasteiger partial charge is 0.247 e. The molecule has 1 aromatic heterocycles. The maximum Gasteiger partial charge on any atom is 0.247 e. The van der Waals surface area contributed by atoms with E-state index < -0.39 is 6.04 Å². The van der Waals surface area contributed by atoms with Crippen molar-refractivity contribution >= 4 is 35.1 Å². The first-order chi connectivity index (χ1) is 33.2. The summed E-state index contributed by atoms with van der Waals surface area (Å²) in [5.41, 5.74) is 8.10. The molecule has 4 amide bonds. The van der Waals surface area contributed by atoms with Crippen molar-refractivity contribution in [1.29, 1.82) is 5.26 Å². The van der Waals surface area contributed by atoms with Crippen LogP contribution in [-0.2, 0) is 32.0 Å². The van der Waals surface area contributed by atoms with Crippen LogP contribution in [0.2, 0.25) is 0 Å². The molecule has 12 heteroatoms. The molecule has 0 radical (unpaired) electrons. The summed E-state index contributed by atoms with van der Waals surface area (Å²) in [7, 11) is 0. The van der Waals surface area contributed by atoms with Crippen LogP contribution in [0.25, 0.3) is 11.1 Å². The normalized spacial score (nSPS) is 19.2. The van der Waals surface area contributed by atoms with Gasteiger partial charge in [0.1, 0.15) is 11.9 Å². The summed E-state index contributed by atoms with van der Waals surface area (Å²) in [6.07, 6.45) is 10.9. The predicted molar refractivity (Wildman–Crippen MR) is 264 cm³/mol. The van der Waals surface area contributed by atoms with Crippen molar-refractivity contribution in [2.24, 2.45) is 11.3 Å². The Morgan fingerprint density at radius 3 is 2.10 bits per heavy atom. The number of piperidine rings is 4. The average molecular weight is 911 g/mol. The number of hydrogen-bond donors (Lipinski definition) is 3. The molecule has 9 rings (SSSR count). The maximum absolute atomic E-state index is 13.6. The summed E-state index contributed by atoms with van der Waals surface area (Å²) in [6, 6.07) is 39.0. The second-order valence-corrected chi connectivity index (χ2v) is 19.4. The third-order valence-corrected chi connectivity index (χ3v) is 15.0. The van der Waals surface area contributed by atoms with Gasteiger partial charge in [-0.1, -0.05) is 78.9 Å². The van der Waals surface area contributed by atoms with Crippen LogP contribution in [0.5, 0.6) is 0 Å². The zero-order valence-corrected chi connectivity index (χ0v) is 38.9. The molecule has 0 saturated carbocycles. The number of nitrogens with one attached hydrogen (secondary N) is 3. The Hall–Kier alpha value is -6.68. The van der Waals surface area contributed by atoms with Crippen LogP contribution < -0.4 is 20.9 Å². The number of hydrogen-bond acceptors (Lipinski definition) is 9. The number of aromatic nitrogens is 1. The summed E-state index contributed by atoms with van der Waals surface area (Å²) in [5, 5.41) is 18.0. The molecule has 3 N–H and O–H groups in total. The number of nitrogens with zero attached hydrogens (tertiary/aromatic N) is 5. The van der Waals surface area contributed by atoms with E-state index in [4.69, 9.17) is 5.26 Å². The van der Waals surface area contributed by atoms with Crippen LogP contribution >= 0.6 is 0 Å². The highest BCUT2D eigenvalue weighted by Crippen LogP contribution is 2.43. The van der Waals surface area contributed by atoms with Gasteiger partial charge in [-0.05, 0) is 140 Å². The standard InChI is InChI=1S/C56H62N8O4/c57-37-42-8-6-40(7-9-42)22-29-58-53(46-4-2-1-3-5-46)55(68)60-50-20-16-47(38-59-50)44-12-10-41(11-13-44)36-52(66)64-30-23-43(24-31-64)39-62-32-25-56(26-33-62)27-34-63(35-28-56)48-17-14-45(15-18-48)49-19-21-51(65)61-54(49)67/h1-18,20,38,43,49,53,58H,19,21-36,39H2,(H,59,60,68)(H,61,65,67). The molecule has 4 aliphatic heterocycles. The fraction of sp³-hybridized carbons (Fsp3) is 0.393. The van der Waals surface area contributed by atoms with E-state index in [9.17, 15) is 19.2 Å². The van der Waals surface area contributed by atoms with Crippen molar-refractivity contribution < 1.29 is 19.2 Å². The first-order valence-corrected chi connectivity index (χ1v) is 24.5. The van der Waals surface area contributed by atoms with Crippen LogP contribution in [-0.4, -0.2) is 90.8 Å². The number of amides is 4. The van der Waals surface area contributed by atoms with Gasteiger partial charge >= 0.3 is 0 Å². The van der Waals surface area contributed by atoms with Gasteiger partial charge in [-0.15, -0.1) is 0 Å². The summed E-state index contributed by atoms with van der Waals surface area (Å²) in [6.45, 7) is 7.77. The minimum absolute atomic E-state index is 0.176. The van der Waals surface area contributed by atoms with E-state index >= 15 is 0 Å². The summed E-state index contributed by atoms with van der Waals surface area (Å²) >= 11 is 0. The number of rotatable bonds is 14. The zero-order chi connectivity index (χ0) is 46.9. The monoisotopic (exact) mass is 910 g/mol. The van der Waals surface area contributed by atoms with E-state index in [0.717, 1.165) is 92.0 Å². The number of nitriles is 1. The van der Waals surface area contributed by atoms with Gasteiger partial charge in [0.15, 0.2) is 0 Å². The first kappa shape index (κ1) is 46.4. The maximum atomic E-state index is 13.6. The first-order valence-electron chi connectivity index (χ1n) is 24.5. The lowest BCUT2D eigenvalue weighted by Crippen LogP contribution is -2.48. The van der Waals surface area contributed by atoms with Crippen LogP contribution in [0.4, 0.5) is 11.5 Å². The van der Waals surface area contributed by atoms with Crippen molar-refractivity contribution in [2.45, 2.75) is 76.2 Å². The zero-order valence-electron chi connectivity index (χ0n) is 38.9. The molecule has 350 valence electrons. The van der Waals surface area contributed by atoms with E-state index in [1.165, 1.54) is 31.4 Å². The second-order valence-electron chi connectivity index (χ2n) is 19.4. The van der Waals surface area contributed by atoms with Crippen LogP contribution in [0, 0.1) is 22.7 Å². The lowest BCUT2D eigenvalue weighted by Gasteiger charge is -2.48. The quantitative estimate of drug-likeness (QED) is 0.0949. The number of carbonyl (C=O) groups is 4. The second kappa shape index (κ2) is 21.5. The molecule has 0 aliphatic carbocycles. The minimum atomic E-state index is -0.572. The highest BCUT2D eigenvalue weighted by Gasteiger charge is 2.38. The van der Waals surface area contributed by atoms with Crippen molar-refractivity contribution in [3.05, 3.63) is 149 Å². The van der Waals surface area contributed by atoms with Crippen LogP contribution in [0.1, 0.15) is 91.1 Å². The number of anilines is 2. The van der Waals surface area contributed by atoms with E-state index in [2.05, 4.69) is 66.0 Å². The minimum Gasteiger partial charge on any atom is -0.371 e. The molecule has 0 bridgehead atoms. The fourth-order valence-electron chi connectivity index (χ4n) is 10.7. The van der Waals surface area contributed by atoms with E-state index in [1.54, 1.807) is 18.3 Å². The van der Waals surface area contributed by atoms with E-state index in [0.29, 0.717) is 54.9 Å². The van der Waals surface area contributed by atoms with Gasteiger partial charge in [-0.25, -0.2) is 4.98 Å². The Morgan fingerprint density at radius 1 is 0.765 bits per heavy atom. The molecule has 4 saturated heterocycles. The molecule has 68 heavy (non-hydrogen) atoms. The topological polar surface area (TPSA) is 151 Å². The third-order valence-electron chi connectivity index (χ3n) is 15.0. The molecular weight excluding hydrogens is 849 g/mol. The molecular formula is C56H62N8O4. The van der Waals surface area contributed by atoms with Crippen molar-refractivity contribution in [3.8, 4) is 17.2 Å². The highest BCUT2D eigenvalue weighted by atomic mass is 16.2. The molecule has 4 fully saturated rings. The van der Waals surface area contributed by atoms with E-state index in [-0.39, 0.29) is 29.5 Å². The Kier molecular flexibility index (Phi) is 14.7. The molecule has 1 spiro atoms. The molecule has 2 unspecified atom stereocenters. The number of benzene rings is 4. The van der Waals surface area contributed by atoms with Crippen LogP contribution in [0.15, 0.2) is 121 Å². The number of pyridine rings is 1. The molecule has 4 aromatic carbocycles. The molecule has 12 nitrogen and oxygen atoms in total. The van der Waals surface area contributed by atoms with Crippen LogP contribution in [0.3, 0.4) is 0 Å². The van der Waals surface area contributed by atoms with E-state index in [1.807, 2.05) is 78.9 Å². The third kappa shape index (κ3) is 11.5. The van der Waals surface area contributed by atoms with Gasteiger partial charge in [0.2, 0.25) is 23.6 Å². The molecule has 4 aliphatic rings. The number of likely N-dealkylation sites (tertiary alicyclic amines) is 2. The Balaban J connectivity index is 0.682.